The SMILES string of the molecule is O=C(NC(=Cc1ccco1)C(=O)N1CCOCC1)c1cccc(Br)c1. The van der Waals surface area contributed by atoms with Crippen LogP contribution in [0.1, 0.15) is 16.1 Å². The fourth-order valence-corrected chi connectivity index (χ4v) is 2.83. The van der Waals surface area contributed by atoms with Crippen molar-refractivity contribution in [3.63, 3.8) is 0 Å². The standard InChI is InChI=1S/C18H17BrN2O4/c19-14-4-1-3-13(11-14)17(22)20-16(12-15-5-2-8-25-15)18(23)21-6-9-24-10-7-21/h1-5,8,11-12H,6-7,9-10H2,(H,20,22). The second-order valence-corrected chi connectivity index (χ2v) is 6.36. The Morgan fingerprint density at radius 3 is 2.64 bits per heavy atom. The Balaban J connectivity index is 1.83. The zero-order valence-corrected chi connectivity index (χ0v) is 15.0. The summed E-state index contributed by atoms with van der Waals surface area (Å²) in [5, 5.41) is 2.71. The average Bonchev–Trinajstić information content (AvgIpc) is 3.14. The van der Waals surface area contributed by atoms with Crippen molar-refractivity contribution in [2.75, 3.05) is 26.3 Å². The van der Waals surface area contributed by atoms with Crippen molar-refractivity contribution < 1.29 is 18.7 Å². The Morgan fingerprint density at radius 2 is 1.96 bits per heavy atom. The van der Waals surface area contributed by atoms with Crippen molar-refractivity contribution in [2.45, 2.75) is 0 Å². The lowest BCUT2D eigenvalue weighted by molar-refractivity contribution is -0.131. The summed E-state index contributed by atoms with van der Waals surface area (Å²) < 4.78 is 11.3. The van der Waals surface area contributed by atoms with Gasteiger partial charge in [0.1, 0.15) is 11.5 Å². The molecule has 0 radical (unpaired) electrons. The van der Waals surface area contributed by atoms with Gasteiger partial charge < -0.3 is 19.4 Å². The molecule has 2 heterocycles. The number of hydrogen-bond donors (Lipinski definition) is 1. The predicted molar refractivity (Wildman–Crippen MR) is 95.7 cm³/mol. The van der Waals surface area contributed by atoms with Gasteiger partial charge >= 0.3 is 0 Å². The van der Waals surface area contributed by atoms with Gasteiger partial charge in [-0.25, -0.2) is 0 Å². The maximum absolute atomic E-state index is 12.8. The summed E-state index contributed by atoms with van der Waals surface area (Å²) in [6, 6.07) is 10.4. The number of halogens is 1. The summed E-state index contributed by atoms with van der Waals surface area (Å²) in [6.07, 6.45) is 3.05. The Bertz CT molecular complexity index is 780. The maximum Gasteiger partial charge on any atom is 0.270 e. The number of hydrogen-bond acceptors (Lipinski definition) is 4. The number of benzene rings is 1. The molecule has 0 atom stereocenters. The van der Waals surface area contributed by atoms with E-state index in [2.05, 4.69) is 21.2 Å². The molecule has 1 aliphatic rings. The monoisotopic (exact) mass is 404 g/mol. The van der Waals surface area contributed by atoms with Crippen LogP contribution in [0, 0.1) is 0 Å². The van der Waals surface area contributed by atoms with Crippen LogP contribution in [0.3, 0.4) is 0 Å². The molecule has 25 heavy (non-hydrogen) atoms. The van der Waals surface area contributed by atoms with Crippen molar-refractivity contribution in [1.82, 2.24) is 10.2 Å². The Hall–Kier alpha value is -2.38. The highest BCUT2D eigenvalue weighted by molar-refractivity contribution is 9.10. The summed E-state index contributed by atoms with van der Waals surface area (Å²) in [7, 11) is 0. The van der Waals surface area contributed by atoms with Gasteiger partial charge in [0.2, 0.25) is 0 Å². The quantitative estimate of drug-likeness (QED) is 0.795. The van der Waals surface area contributed by atoms with Gasteiger partial charge in [0.25, 0.3) is 11.8 Å². The smallest absolute Gasteiger partial charge is 0.270 e. The molecule has 2 aromatic rings. The molecule has 0 aliphatic carbocycles. The number of carbonyl (C=O) groups excluding carboxylic acids is 2. The summed E-state index contributed by atoms with van der Waals surface area (Å²) in [5.74, 6) is -0.130. The first-order valence-electron chi connectivity index (χ1n) is 7.82. The number of morpholine rings is 1. The van der Waals surface area contributed by atoms with E-state index in [1.165, 1.54) is 12.3 Å². The molecule has 0 saturated carbocycles. The van der Waals surface area contributed by atoms with E-state index in [4.69, 9.17) is 9.15 Å². The molecule has 130 valence electrons. The fourth-order valence-electron chi connectivity index (χ4n) is 2.43. The molecular formula is C18H17BrN2O4. The highest BCUT2D eigenvalue weighted by atomic mass is 79.9. The van der Waals surface area contributed by atoms with E-state index in [1.54, 1.807) is 35.2 Å². The van der Waals surface area contributed by atoms with Crippen LogP contribution in [-0.4, -0.2) is 43.0 Å². The van der Waals surface area contributed by atoms with Crippen LogP contribution in [0.2, 0.25) is 0 Å². The van der Waals surface area contributed by atoms with E-state index in [0.29, 0.717) is 37.6 Å². The largest absolute Gasteiger partial charge is 0.465 e. The number of ether oxygens (including phenoxy) is 1. The fraction of sp³-hybridized carbons (Fsp3) is 0.222. The Labute approximate surface area is 153 Å². The van der Waals surface area contributed by atoms with Gasteiger partial charge in [0.05, 0.1) is 19.5 Å². The van der Waals surface area contributed by atoms with Crippen molar-refractivity contribution in [3.05, 3.63) is 64.2 Å². The number of furan rings is 1. The lowest BCUT2D eigenvalue weighted by Crippen LogP contribution is -2.44. The van der Waals surface area contributed by atoms with Crippen molar-refractivity contribution in [1.29, 1.82) is 0 Å². The third-order valence-electron chi connectivity index (χ3n) is 3.69. The molecular weight excluding hydrogens is 388 g/mol. The average molecular weight is 405 g/mol. The summed E-state index contributed by atoms with van der Waals surface area (Å²) in [5.41, 5.74) is 0.622. The normalized spacial score (nSPS) is 15.1. The van der Waals surface area contributed by atoms with Crippen molar-refractivity contribution in [3.8, 4) is 0 Å². The third-order valence-corrected chi connectivity index (χ3v) is 4.19. The second kappa shape index (κ2) is 8.13. The van der Waals surface area contributed by atoms with Crippen molar-refractivity contribution in [2.24, 2.45) is 0 Å². The molecule has 1 aliphatic heterocycles. The molecule has 0 unspecified atom stereocenters. The van der Waals surface area contributed by atoms with E-state index in [9.17, 15) is 9.59 Å². The lowest BCUT2D eigenvalue weighted by Gasteiger charge is -2.27. The number of carbonyl (C=O) groups is 2. The van der Waals surface area contributed by atoms with E-state index >= 15 is 0 Å². The number of nitrogens with zero attached hydrogens (tertiary/aromatic N) is 1. The van der Waals surface area contributed by atoms with Gasteiger partial charge in [-0.3, -0.25) is 9.59 Å². The molecule has 1 fully saturated rings. The third kappa shape index (κ3) is 4.58. The first-order valence-corrected chi connectivity index (χ1v) is 8.62. The van der Waals surface area contributed by atoms with E-state index in [-0.39, 0.29) is 17.5 Å². The Morgan fingerprint density at radius 1 is 1.16 bits per heavy atom. The van der Waals surface area contributed by atoms with Crippen LogP contribution in [0.15, 0.2) is 57.2 Å². The van der Waals surface area contributed by atoms with Gasteiger partial charge in [0.15, 0.2) is 0 Å². The van der Waals surface area contributed by atoms with E-state index in [1.807, 2.05) is 6.07 Å². The Kier molecular flexibility index (Phi) is 5.67. The molecule has 0 spiro atoms. The highest BCUT2D eigenvalue weighted by Crippen LogP contribution is 2.14. The zero-order valence-electron chi connectivity index (χ0n) is 13.4. The molecule has 1 aromatic carbocycles. The van der Waals surface area contributed by atoms with Gasteiger partial charge in [-0.15, -0.1) is 0 Å². The number of nitrogens with one attached hydrogen (secondary N) is 1. The molecule has 7 heteroatoms. The summed E-state index contributed by atoms with van der Waals surface area (Å²) in [4.78, 5) is 27.0. The minimum atomic E-state index is -0.360. The topological polar surface area (TPSA) is 71.8 Å². The van der Waals surface area contributed by atoms with Crippen LogP contribution in [0.5, 0.6) is 0 Å². The minimum Gasteiger partial charge on any atom is -0.465 e. The molecule has 3 rings (SSSR count). The number of rotatable bonds is 4. The van der Waals surface area contributed by atoms with Crippen LogP contribution in [0.25, 0.3) is 6.08 Å². The number of amides is 2. The summed E-state index contributed by atoms with van der Waals surface area (Å²) >= 11 is 3.34. The van der Waals surface area contributed by atoms with Crippen LogP contribution >= 0.6 is 15.9 Å². The molecule has 1 N–H and O–H groups in total. The second-order valence-electron chi connectivity index (χ2n) is 5.44. The van der Waals surface area contributed by atoms with E-state index in [0.717, 1.165) is 4.47 Å². The van der Waals surface area contributed by atoms with Gasteiger partial charge in [-0.2, -0.15) is 0 Å². The van der Waals surface area contributed by atoms with Gasteiger partial charge in [-0.1, -0.05) is 22.0 Å². The first kappa shape index (κ1) is 17.4. The van der Waals surface area contributed by atoms with Crippen molar-refractivity contribution >= 4 is 33.8 Å². The molecule has 6 nitrogen and oxygen atoms in total. The van der Waals surface area contributed by atoms with Gasteiger partial charge in [-0.05, 0) is 30.3 Å². The molecule has 0 bridgehead atoms. The maximum atomic E-state index is 12.8. The van der Waals surface area contributed by atoms with Crippen LogP contribution in [-0.2, 0) is 9.53 Å². The minimum absolute atomic E-state index is 0.168. The van der Waals surface area contributed by atoms with E-state index < -0.39 is 0 Å². The summed E-state index contributed by atoms with van der Waals surface area (Å²) in [6.45, 7) is 1.95. The predicted octanol–water partition coefficient (Wildman–Crippen LogP) is 2.67. The van der Waals surface area contributed by atoms with Crippen LogP contribution in [0.4, 0.5) is 0 Å². The molecule has 1 aromatic heterocycles. The molecule has 2 amide bonds. The van der Waals surface area contributed by atoms with Gasteiger partial charge in [0, 0.05) is 29.2 Å². The molecule has 1 saturated heterocycles. The lowest BCUT2D eigenvalue weighted by atomic mass is 10.2. The van der Waals surface area contributed by atoms with Crippen LogP contribution < -0.4 is 5.32 Å². The first-order chi connectivity index (χ1) is 12.1. The highest BCUT2D eigenvalue weighted by Gasteiger charge is 2.23. The zero-order chi connectivity index (χ0) is 17.6.